The summed E-state index contributed by atoms with van der Waals surface area (Å²) in [5, 5.41) is 6.00. The topological polar surface area (TPSA) is 139 Å². The number of ketones is 1. The summed E-state index contributed by atoms with van der Waals surface area (Å²) in [6, 6.07) is 0. The maximum atomic E-state index is 13.5. The summed E-state index contributed by atoms with van der Waals surface area (Å²) < 4.78 is 104. The molecular weight excluding hydrogens is 413 g/mol. The van der Waals surface area contributed by atoms with E-state index >= 15 is 0 Å². The molecule has 0 aliphatic rings. The molecule has 3 N–H and O–H groups in total. The molecular formula is C12H16F5NO8S. The molecule has 0 bridgehead atoms. The number of hydrogen-bond acceptors (Lipinski definition) is 8. The van der Waals surface area contributed by atoms with E-state index in [1.54, 1.807) is 5.32 Å². The Morgan fingerprint density at radius 1 is 1.19 bits per heavy atom. The Balaban J connectivity index is 6.09. The third-order valence-corrected chi connectivity index (χ3v) is 3.60. The van der Waals surface area contributed by atoms with Gasteiger partial charge in [-0.25, -0.2) is 4.79 Å². The van der Waals surface area contributed by atoms with Crippen molar-refractivity contribution < 1.29 is 59.1 Å². The van der Waals surface area contributed by atoms with E-state index in [9.17, 15) is 45.1 Å². The fraction of sp³-hybridized carbons (Fsp3) is 0.667. The van der Waals surface area contributed by atoms with E-state index in [4.69, 9.17) is 4.55 Å². The summed E-state index contributed by atoms with van der Waals surface area (Å²) in [4.78, 5) is 22.4. The normalized spacial score (nSPS) is 16.3. The number of Topliss-reactive ketones (excluding diaryl/α,β-unsaturated/α-hetero) is 1. The molecule has 0 spiro atoms. The SMILES string of the molecule is C=C(C)C(=O)OC(OCC(F)(F)S(=O)(=O)O)(C(O)NCC(C)=O)C(F)(F)F. The van der Waals surface area contributed by atoms with Crippen LogP contribution in [0.2, 0.25) is 0 Å². The number of halogens is 5. The second kappa shape index (κ2) is 8.55. The van der Waals surface area contributed by atoms with Crippen molar-refractivity contribution in [3.05, 3.63) is 12.2 Å². The van der Waals surface area contributed by atoms with Gasteiger partial charge in [0.1, 0.15) is 12.4 Å². The van der Waals surface area contributed by atoms with Crippen LogP contribution in [0.4, 0.5) is 22.0 Å². The van der Waals surface area contributed by atoms with E-state index < -0.39 is 64.0 Å². The Labute approximate surface area is 149 Å². The van der Waals surface area contributed by atoms with Crippen molar-refractivity contribution in [2.45, 2.75) is 37.3 Å². The molecule has 0 saturated heterocycles. The lowest BCUT2D eigenvalue weighted by molar-refractivity contribution is -0.401. The lowest BCUT2D eigenvalue weighted by Crippen LogP contribution is -2.65. The highest BCUT2D eigenvalue weighted by Gasteiger charge is 2.66. The van der Waals surface area contributed by atoms with Gasteiger partial charge < -0.3 is 14.6 Å². The first kappa shape index (κ1) is 25.3. The van der Waals surface area contributed by atoms with Crippen LogP contribution in [0, 0.1) is 0 Å². The Morgan fingerprint density at radius 3 is 2.00 bits per heavy atom. The number of aliphatic hydroxyl groups is 1. The molecule has 0 fully saturated rings. The van der Waals surface area contributed by atoms with E-state index in [0.717, 1.165) is 13.8 Å². The zero-order valence-electron chi connectivity index (χ0n) is 13.8. The quantitative estimate of drug-likeness (QED) is 0.148. The average Bonchev–Trinajstić information content (AvgIpc) is 2.46. The maximum Gasteiger partial charge on any atom is 0.460 e. The average molecular weight is 429 g/mol. The highest BCUT2D eigenvalue weighted by molar-refractivity contribution is 7.86. The van der Waals surface area contributed by atoms with Gasteiger partial charge in [0, 0.05) is 5.57 Å². The number of rotatable bonds is 10. The van der Waals surface area contributed by atoms with Crippen LogP contribution in [0.5, 0.6) is 0 Å². The van der Waals surface area contributed by atoms with E-state index in [0.29, 0.717) is 0 Å². The molecule has 0 radical (unpaired) electrons. The Bertz CT molecular complexity index is 692. The number of nitrogens with one attached hydrogen (secondary N) is 1. The largest absolute Gasteiger partial charge is 0.460 e. The van der Waals surface area contributed by atoms with Crippen molar-refractivity contribution >= 4 is 21.9 Å². The molecule has 0 aromatic heterocycles. The van der Waals surface area contributed by atoms with Crippen molar-refractivity contribution in [3.63, 3.8) is 0 Å². The zero-order valence-corrected chi connectivity index (χ0v) is 14.7. The molecule has 0 saturated carbocycles. The van der Waals surface area contributed by atoms with Gasteiger partial charge in [0.05, 0.1) is 6.54 Å². The second-order valence-corrected chi connectivity index (χ2v) is 6.77. The minimum atomic E-state index is -6.21. The molecule has 2 unspecified atom stereocenters. The van der Waals surface area contributed by atoms with Crippen LogP contribution in [0.1, 0.15) is 13.8 Å². The van der Waals surface area contributed by atoms with Crippen LogP contribution in [-0.2, 0) is 29.2 Å². The van der Waals surface area contributed by atoms with Crippen molar-refractivity contribution in [1.82, 2.24) is 5.32 Å². The summed E-state index contributed by atoms with van der Waals surface area (Å²) in [6.07, 6.45) is -9.04. The predicted octanol–water partition coefficient (Wildman–Crippen LogP) is 0.358. The number of carbonyl (C=O) groups excluding carboxylic acids is 2. The number of aliphatic hydroxyl groups excluding tert-OH is 1. The van der Waals surface area contributed by atoms with Gasteiger partial charge in [0.25, 0.3) is 0 Å². The van der Waals surface area contributed by atoms with E-state index in [1.807, 2.05) is 0 Å². The standard InChI is InChI=1S/C12H16F5NO8S/c1-6(2)8(20)26-11(12(15,16)17,9(21)18-4-7(3)19)25-5-10(13,14)27(22,23)24/h9,18,21H,1,4-5H2,2-3H3,(H,22,23,24). The van der Waals surface area contributed by atoms with Crippen molar-refractivity contribution in [1.29, 1.82) is 0 Å². The van der Waals surface area contributed by atoms with E-state index in [-0.39, 0.29) is 0 Å². The van der Waals surface area contributed by atoms with Gasteiger partial charge in [0.15, 0.2) is 6.23 Å². The van der Waals surface area contributed by atoms with Crippen molar-refractivity contribution in [2.24, 2.45) is 0 Å². The molecule has 0 aliphatic carbocycles. The first-order valence-corrected chi connectivity index (χ1v) is 8.16. The summed E-state index contributed by atoms with van der Waals surface area (Å²) in [5.74, 6) is -7.21. The molecule has 158 valence electrons. The highest BCUT2D eigenvalue weighted by atomic mass is 32.2. The first-order chi connectivity index (χ1) is 11.9. The third-order valence-electron chi connectivity index (χ3n) is 2.72. The smallest absolute Gasteiger partial charge is 0.416 e. The van der Waals surface area contributed by atoms with Crippen LogP contribution >= 0.6 is 0 Å². The fourth-order valence-electron chi connectivity index (χ4n) is 1.32. The Kier molecular flexibility index (Phi) is 8.02. The van der Waals surface area contributed by atoms with Crippen LogP contribution in [-0.4, -0.2) is 66.4 Å². The van der Waals surface area contributed by atoms with Crippen molar-refractivity contribution in [3.8, 4) is 0 Å². The maximum absolute atomic E-state index is 13.5. The van der Waals surface area contributed by atoms with Gasteiger partial charge in [0.2, 0.25) is 0 Å². The molecule has 2 atom stereocenters. The minimum Gasteiger partial charge on any atom is -0.416 e. The fourth-order valence-corrected chi connectivity index (χ4v) is 1.53. The molecule has 27 heavy (non-hydrogen) atoms. The highest BCUT2D eigenvalue weighted by Crippen LogP contribution is 2.39. The summed E-state index contributed by atoms with van der Waals surface area (Å²) in [5.41, 5.74) is -0.660. The van der Waals surface area contributed by atoms with Crippen LogP contribution < -0.4 is 5.32 Å². The predicted molar refractivity (Wildman–Crippen MR) is 76.8 cm³/mol. The molecule has 0 rings (SSSR count). The molecule has 9 nitrogen and oxygen atoms in total. The van der Waals surface area contributed by atoms with E-state index in [2.05, 4.69) is 16.1 Å². The summed E-state index contributed by atoms with van der Waals surface area (Å²) >= 11 is 0. The monoisotopic (exact) mass is 429 g/mol. The van der Waals surface area contributed by atoms with Gasteiger partial charge in [-0.1, -0.05) is 6.58 Å². The Morgan fingerprint density at radius 2 is 1.67 bits per heavy atom. The summed E-state index contributed by atoms with van der Waals surface area (Å²) in [6.45, 7) is 1.15. The number of alkyl halides is 5. The third kappa shape index (κ3) is 6.46. The molecule has 0 aromatic rings. The number of hydrogen-bond donors (Lipinski definition) is 3. The Hall–Kier alpha value is -1.68. The molecule has 15 heteroatoms. The van der Waals surface area contributed by atoms with Gasteiger partial charge in [-0.2, -0.15) is 30.4 Å². The number of carbonyl (C=O) groups is 2. The van der Waals surface area contributed by atoms with Gasteiger partial charge in [-0.05, 0) is 13.8 Å². The van der Waals surface area contributed by atoms with Crippen LogP contribution in [0.25, 0.3) is 0 Å². The van der Waals surface area contributed by atoms with Crippen molar-refractivity contribution in [2.75, 3.05) is 13.2 Å². The van der Waals surface area contributed by atoms with Gasteiger partial charge >= 0.3 is 33.3 Å². The zero-order chi connectivity index (χ0) is 21.8. The lowest BCUT2D eigenvalue weighted by atomic mass is 10.2. The molecule has 0 amide bonds. The number of esters is 1. The van der Waals surface area contributed by atoms with Crippen LogP contribution in [0.15, 0.2) is 12.2 Å². The lowest BCUT2D eigenvalue weighted by Gasteiger charge is -2.38. The minimum absolute atomic E-state index is 0.660. The molecule has 0 aliphatic heterocycles. The number of ether oxygens (including phenoxy) is 2. The first-order valence-electron chi connectivity index (χ1n) is 6.72. The second-order valence-electron chi connectivity index (χ2n) is 5.22. The molecule has 0 heterocycles. The van der Waals surface area contributed by atoms with Crippen LogP contribution in [0.3, 0.4) is 0 Å². The van der Waals surface area contributed by atoms with Gasteiger partial charge in [-0.3, -0.25) is 14.7 Å². The van der Waals surface area contributed by atoms with E-state index in [1.165, 1.54) is 0 Å². The van der Waals surface area contributed by atoms with Gasteiger partial charge in [-0.15, -0.1) is 0 Å². The molecule has 0 aromatic carbocycles. The summed E-state index contributed by atoms with van der Waals surface area (Å²) in [7, 11) is -6.21.